The van der Waals surface area contributed by atoms with Gasteiger partial charge in [-0.1, -0.05) is 84.2 Å². The summed E-state index contributed by atoms with van der Waals surface area (Å²) in [5.74, 6) is 6.95. The summed E-state index contributed by atoms with van der Waals surface area (Å²) < 4.78 is 19.5. The van der Waals surface area contributed by atoms with E-state index in [1.54, 1.807) is 0 Å². The molecule has 3 saturated carbocycles. The monoisotopic (exact) mass is 1430 g/mol. The highest BCUT2D eigenvalue weighted by atomic mass is 79.9. The lowest BCUT2D eigenvalue weighted by Crippen LogP contribution is -2.27. The van der Waals surface area contributed by atoms with Crippen molar-refractivity contribution in [2.45, 2.75) is 114 Å². The summed E-state index contributed by atoms with van der Waals surface area (Å²) in [5.41, 5.74) is 11.0. The summed E-state index contributed by atoms with van der Waals surface area (Å²) in [6.45, 7) is 10.4. The van der Waals surface area contributed by atoms with Crippen molar-refractivity contribution in [2.24, 2.45) is 17.8 Å². The van der Waals surface area contributed by atoms with Gasteiger partial charge in [0.2, 0.25) is 0 Å². The fourth-order valence-corrected chi connectivity index (χ4v) is 11.7. The molecule has 0 spiro atoms. The number of nitrogens with one attached hydrogen (secondary N) is 6. The standard InChI is InChI=1S/3C21H26BrN3O.4CH2O2/c3*22-18-2-1-3-19(12-18)24-20-7-6-17(21(25-20)16-4-5-16)14-23-13-15-8-10-26-11-9-15;4*2-1-3/h3*1-3,6-7,12,15-16,23H,4-5,8-11,13-14H2,(H,24,25);4*1H,(H,2,3). The zero-order chi connectivity index (χ0) is 64.1. The van der Waals surface area contributed by atoms with Crippen molar-refractivity contribution in [3.63, 3.8) is 0 Å². The Morgan fingerprint density at radius 3 is 0.844 bits per heavy atom. The highest BCUT2D eigenvalue weighted by molar-refractivity contribution is 9.11. The van der Waals surface area contributed by atoms with E-state index in [4.69, 9.17) is 68.8 Å². The van der Waals surface area contributed by atoms with Crippen molar-refractivity contribution in [1.29, 1.82) is 0 Å². The van der Waals surface area contributed by atoms with Gasteiger partial charge in [-0.2, -0.15) is 0 Å². The first-order valence-corrected chi connectivity index (χ1v) is 33.1. The Bertz CT molecular complexity index is 2740. The fraction of sp³-hybridized carbons (Fsp3) is 0.448. The molecule has 23 heteroatoms. The molecule has 486 valence electrons. The van der Waals surface area contributed by atoms with Gasteiger partial charge in [-0.15, -0.1) is 0 Å². The minimum Gasteiger partial charge on any atom is -0.483 e. The number of carbonyl (C=O) groups is 4. The number of anilines is 6. The second-order valence-corrected chi connectivity index (χ2v) is 25.2. The number of hydrogen-bond acceptors (Lipinski definition) is 16. The largest absolute Gasteiger partial charge is 0.483 e. The van der Waals surface area contributed by atoms with E-state index in [1.165, 1.54) is 111 Å². The highest BCUT2D eigenvalue weighted by Crippen LogP contribution is 2.43. The molecule has 0 radical (unpaired) electrons. The average molecular weight is 1430 g/mol. The van der Waals surface area contributed by atoms with Crippen molar-refractivity contribution in [3.05, 3.63) is 156 Å². The van der Waals surface area contributed by atoms with E-state index in [0.717, 1.165) is 145 Å². The van der Waals surface area contributed by atoms with Crippen LogP contribution in [0.3, 0.4) is 0 Å². The fourth-order valence-electron chi connectivity index (χ4n) is 10.5. The van der Waals surface area contributed by atoms with E-state index in [0.29, 0.717) is 17.8 Å². The SMILES string of the molecule is Brc1cccc(Nc2ccc(CNCC3CCOCC3)c(C3CC3)n2)c1.Brc1cccc(Nc2ccc(CNCC3CCOCC3)c(C3CC3)n2)c1.Brc1cccc(Nc2ccc(CNCC3CCOCC3)c(C3CC3)n2)c1.O=CO.O=CO.O=CO.O=CO. The molecular formula is C67H86Br3N9O11. The number of aromatic nitrogens is 3. The van der Waals surface area contributed by atoms with Gasteiger partial charge in [0.05, 0.1) is 17.1 Å². The van der Waals surface area contributed by atoms with E-state index in [9.17, 15) is 0 Å². The first-order valence-electron chi connectivity index (χ1n) is 30.7. The van der Waals surface area contributed by atoms with Gasteiger partial charge in [0, 0.05) is 108 Å². The predicted octanol–water partition coefficient (Wildman–Crippen LogP) is 13.7. The zero-order valence-corrected chi connectivity index (χ0v) is 55.5. The highest BCUT2D eigenvalue weighted by Gasteiger charge is 2.30. The van der Waals surface area contributed by atoms with Crippen LogP contribution in [0.4, 0.5) is 34.5 Å². The van der Waals surface area contributed by atoms with Crippen LogP contribution >= 0.6 is 47.8 Å². The molecule has 20 nitrogen and oxygen atoms in total. The van der Waals surface area contributed by atoms with E-state index in [-0.39, 0.29) is 25.9 Å². The Hall–Kier alpha value is -6.41. The van der Waals surface area contributed by atoms with E-state index in [2.05, 4.69) is 152 Å². The van der Waals surface area contributed by atoms with Crippen molar-refractivity contribution in [1.82, 2.24) is 30.9 Å². The third-order valence-electron chi connectivity index (χ3n) is 15.5. The maximum atomic E-state index is 8.36. The number of carboxylic acid groups (broad SMARTS) is 4. The van der Waals surface area contributed by atoms with Crippen molar-refractivity contribution in [3.8, 4) is 0 Å². The van der Waals surface area contributed by atoms with Crippen LogP contribution < -0.4 is 31.9 Å². The normalized spacial score (nSPS) is 16.2. The van der Waals surface area contributed by atoms with E-state index < -0.39 is 0 Å². The summed E-state index contributed by atoms with van der Waals surface area (Å²) >= 11 is 10.6. The molecule has 90 heavy (non-hydrogen) atoms. The van der Waals surface area contributed by atoms with Crippen molar-refractivity contribution >= 4 is 108 Å². The minimum atomic E-state index is -0.250. The number of hydrogen-bond donors (Lipinski definition) is 10. The maximum absolute atomic E-state index is 8.36. The Labute approximate surface area is 553 Å². The number of rotatable bonds is 21. The number of benzene rings is 3. The summed E-state index contributed by atoms with van der Waals surface area (Å²) in [6.07, 6.45) is 14.6. The third kappa shape index (κ3) is 28.0. The molecule has 3 aromatic heterocycles. The maximum Gasteiger partial charge on any atom is 0.290 e. The van der Waals surface area contributed by atoms with Gasteiger partial charge in [-0.3, -0.25) is 19.2 Å². The van der Waals surface area contributed by atoms with Crippen LogP contribution in [0.15, 0.2) is 123 Å². The van der Waals surface area contributed by atoms with Gasteiger partial charge in [0.25, 0.3) is 25.9 Å². The Morgan fingerprint density at radius 2 is 0.622 bits per heavy atom. The summed E-state index contributed by atoms with van der Waals surface area (Å²) in [7, 11) is 0. The number of ether oxygens (including phenoxy) is 3. The molecule has 3 aliphatic heterocycles. The first-order chi connectivity index (χ1) is 44.0. The van der Waals surface area contributed by atoms with Crippen LogP contribution in [0.1, 0.15) is 129 Å². The van der Waals surface area contributed by atoms with Crippen molar-refractivity contribution in [2.75, 3.05) is 75.2 Å². The van der Waals surface area contributed by atoms with E-state index in [1.807, 2.05) is 36.4 Å². The lowest BCUT2D eigenvalue weighted by molar-refractivity contribution is -0.123. The minimum absolute atomic E-state index is 0.250. The van der Waals surface area contributed by atoms with Crippen LogP contribution in [0.25, 0.3) is 0 Å². The van der Waals surface area contributed by atoms with Crippen LogP contribution in [0.2, 0.25) is 0 Å². The zero-order valence-electron chi connectivity index (χ0n) is 50.8. The molecule has 12 rings (SSSR count). The van der Waals surface area contributed by atoms with Gasteiger partial charge in [0.1, 0.15) is 17.5 Å². The second-order valence-electron chi connectivity index (χ2n) is 22.4. The van der Waals surface area contributed by atoms with Gasteiger partial charge in [-0.25, -0.2) is 15.0 Å². The molecule has 0 bridgehead atoms. The van der Waals surface area contributed by atoms with Crippen molar-refractivity contribution < 1.29 is 53.8 Å². The van der Waals surface area contributed by atoms with Crippen LogP contribution in [-0.4, -0.2) is 121 Å². The van der Waals surface area contributed by atoms with Crippen LogP contribution in [0.5, 0.6) is 0 Å². The van der Waals surface area contributed by atoms with Crippen LogP contribution in [0, 0.1) is 17.8 Å². The molecule has 3 aliphatic carbocycles. The molecular weight excluding hydrogens is 1350 g/mol. The Kier molecular flexibility index (Phi) is 33.8. The Balaban J connectivity index is 0.000000197. The molecule has 3 aromatic carbocycles. The number of pyridine rings is 3. The molecule has 0 atom stereocenters. The van der Waals surface area contributed by atoms with Gasteiger partial charge < -0.3 is 66.5 Å². The number of halogens is 3. The molecule has 6 aliphatic rings. The molecule has 6 aromatic rings. The third-order valence-corrected chi connectivity index (χ3v) is 17.0. The quantitative estimate of drug-likeness (QED) is 0.0300. The molecule has 0 unspecified atom stereocenters. The smallest absolute Gasteiger partial charge is 0.290 e. The van der Waals surface area contributed by atoms with E-state index >= 15 is 0 Å². The molecule has 3 saturated heterocycles. The lowest BCUT2D eigenvalue weighted by Gasteiger charge is -2.22. The number of nitrogens with zero attached hydrogens (tertiary/aromatic N) is 3. The molecule has 0 amide bonds. The Morgan fingerprint density at radius 1 is 0.378 bits per heavy atom. The molecule has 10 N–H and O–H groups in total. The lowest BCUT2D eigenvalue weighted by atomic mass is 10.0. The summed E-state index contributed by atoms with van der Waals surface area (Å²) in [4.78, 5) is 48.3. The first kappa shape index (κ1) is 72.7. The van der Waals surface area contributed by atoms with Gasteiger partial charge in [0.15, 0.2) is 0 Å². The second kappa shape index (κ2) is 41.9. The molecule has 6 heterocycles. The summed E-state index contributed by atoms with van der Waals surface area (Å²) in [6, 6.07) is 37.6. The average Bonchev–Trinajstić information content (AvgIpc) is 3.01. The van der Waals surface area contributed by atoms with Gasteiger partial charge in [-0.05, 0) is 204 Å². The van der Waals surface area contributed by atoms with Crippen LogP contribution in [-0.2, 0) is 53.0 Å². The van der Waals surface area contributed by atoms with Gasteiger partial charge >= 0.3 is 0 Å². The topological polar surface area (TPSA) is 288 Å². The predicted molar refractivity (Wildman–Crippen MR) is 361 cm³/mol. The molecule has 6 fully saturated rings. The summed E-state index contributed by atoms with van der Waals surface area (Å²) in [5, 5.41) is 48.8.